The van der Waals surface area contributed by atoms with Gasteiger partial charge in [0.05, 0.1) is 30.9 Å². The molecule has 0 amide bonds. The molecule has 2 heterocycles. The zero-order valence-electron chi connectivity index (χ0n) is 19.4. The fourth-order valence-electron chi connectivity index (χ4n) is 3.67. The van der Waals surface area contributed by atoms with Crippen molar-refractivity contribution >= 4 is 21.7 Å². The van der Waals surface area contributed by atoms with E-state index >= 15 is 0 Å². The fourth-order valence-corrected chi connectivity index (χ4v) is 4.74. The van der Waals surface area contributed by atoms with Crippen LogP contribution in [0.5, 0.6) is 5.75 Å². The molecule has 1 aromatic heterocycles. The molecule has 0 radical (unpaired) electrons. The molecule has 11 heteroatoms. The highest BCUT2D eigenvalue weighted by molar-refractivity contribution is 7.89. The van der Waals surface area contributed by atoms with Crippen molar-refractivity contribution in [1.29, 1.82) is 0 Å². The second kappa shape index (κ2) is 11.5. The van der Waals surface area contributed by atoms with Crippen molar-refractivity contribution in [3.8, 4) is 17.0 Å². The minimum Gasteiger partial charge on any atom is -0.494 e. The third-order valence-corrected chi connectivity index (χ3v) is 7.05. The van der Waals surface area contributed by atoms with Gasteiger partial charge in [-0.1, -0.05) is 0 Å². The normalized spacial score (nSPS) is 14.6. The first-order valence-corrected chi connectivity index (χ1v) is 12.8. The van der Waals surface area contributed by atoms with E-state index in [1.807, 2.05) is 0 Å². The number of halogens is 1. The van der Waals surface area contributed by atoms with E-state index in [1.165, 1.54) is 31.4 Å². The number of hydrogen-bond donors (Lipinski definition) is 2. The molecule has 2 N–H and O–H groups in total. The molecule has 9 nitrogen and oxygen atoms in total. The van der Waals surface area contributed by atoms with Crippen molar-refractivity contribution in [3.05, 3.63) is 60.5 Å². The molecule has 0 saturated carbocycles. The summed E-state index contributed by atoms with van der Waals surface area (Å²) in [6.07, 6.45) is 2.29. The van der Waals surface area contributed by atoms with Crippen LogP contribution in [-0.4, -0.2) is 69.8 Å². The number of benzene rings is 2. The van der Waals surface area contributed by atoms with Gasteiger partial charge in [0.15, 0.2) is 11.6 Å². The number of morpholine rings is 1. The predicted molar refractivity (Wildman–Crippen MR) is 131 cm³/mol. The van der Waals surface area contributed by atoms with Gasteiger partial charge in [-0.2, -0.15) is 0 Å². The topological polar surface area (TPSA) is 106 Å². The molecule has 0 unspecified atom stereocenters. The van der Waals surface area contributed by atoms with Crippen molar-refractivity contribution in [2.75, 3.05) is 51.8 Å². The summed E-state index contributed by atoms with van der Waals surface area (Å²) in [6, 6.07) is 12.6. The van der Waals surface area contributed by atoms with Gasteiger partial charge in [-0.05, 0) is 61.5 Å². The summed E-state index contributed by atoms with van der Waals surface area (Å²) < 4.78 is 52.2. The number of methoxy groups -OCH3 is 1. The molecule has 0 atom stereocenters. The minimum atomic E-state index is -3.60. The van der Waals surface area contributed by atoms with Crippen LogP contribution in [0.3, 0.4) is 0 Å². The molecule has 0 spiro atoms. The number of rotatable bonds is 10. The third kappa shape index (κ3) is 6.73. The van der Waals surface area contributed by atoms with Crippen molar-refractivity contribution in [2.45, 2.75) is 11.3 Å². The van der Waals surface area contributed by atoms with Gasteiger partial charge in [-0.25, -0.2) is 27.5 Å². The Kier molecular flexibility index (Phi) is 8.24. The molecule has 1 aliphatic rings. The molecule has 2 aromatic carbocycles. The number of hydrogen-bond acceptors (Lipinski definition) is 8. The van der Waals surface area contributed by atoms with E-state index in [9.17, 15) is 12.8 Å². The summed E-state index contributed by atoms with van der Waals surface area (Å²) >= 11 is 0. The van der Waals surface area contributed by atoms with Crippen LogP contribution in [0, 0.1) is 5.82 Å². The molecule has 1 fully saturated rings. The SMILES string of the molecule is COc1ccc(-c2ccnc(Nc3ccc(S(=O)(=O)NCCCN4CCOCC4)cc3)n2)cc1F. The van der Waals surface area contributed by atoms with E-state index in [-0.39, 0.29) is 10.6 Å². The van der Waals surface area contributed by atoms with Crippen molar-refractivity contribution in [2.24, 2.45) is 0 Å². The lowest BCUT2D eigenvalue weighted by molar-refractivity contribution is 0.0376. The van der Waals surface area contributed by atoms with Gasteiger partial charge in [0, 0.05) is 37.1 Å². The molecule has 0 bridgehead atoms. The largest absolute Gasteiger partial charge is 0.494 e. The minimum absolute atomic E-state index is 0.155. The van der Waals surface area contributed by atoms with E-state index in [2.05, 4.69) is 24.9 Å². The number of anilines is 2. The van der Waals surface area contributed by atoms with Crippen LogP contribution in [0.4, 0.5) is 16.0 Å². The lowest BCUT2D eigenvalue weighted by atomic mass is 10.1. The second-order valence-electron chi connectivity index (χ2n) is 7.97. The number of sulfonamides is 1. The third-order valence-electron chi connectivity index (χ3n) is 5.57. The molecular formula is C24H28FN5O4S. The van der Waals surface area contributed by atoms with Crippen molar-refractivity contribution in [3.63, 3.8) is 0 Å². The van der Waals surface area contributed by atoms with Gasteiger partial charge in [-0.3, -0.25) is 4.90 Å². The monoisotopic (exact) mass is 501 g/mol. The van der Waals surface area contributed by atoms with Crippen LogP contribution in [-0.2, 0) is 14.8 Å². The first-order chi connectivity index (χ1) is 16.9. The maximum atomic E-state index is 14.1. The molecular weight excluding hydrogens is 473 g/mol. The Hall–Kier alpha value is -3.12. The zero-order valence-corrected chi connectivity index (χ0v) is 20.2. The Bertz CT molecular complexity index is 1230. The summed E-state index contributed by atoms with van der Waals surface area (Å²) in [4.78, 5) is 11.1. The first-order valence-electron chi connectivity index (χ1n) is 11.3. The van der Waals surface area contributed by atoms with Gasteiger partial charge in [0.1, 0.15) is 0 Å². The number of aromatic nitrogens is 2. The van der Waals surface area contributed by atoms with E-state index < -0.39 is 15.8 Å². The van der Waals surface area contributed by atoms with Crippen LogP contribution in [0.15, 0.2) is 59.6 Å². The van der Waals surface area contributed by atoms with Crippen molar-refractivity contribution in [1.82, 2.24) is 19.6 Å². The molecule has 3 aromatic rings. The van der Waals surface area contributed by atoms with E-state index in [4.69, 9.17) is 9.47 Å². The highest BCUT2D eigenvalue weighted by Gasteiger charge is 2.15. The highest BCUT2D eigenvalue weighted by atomic mass is 32.2. The number of nitrogens with zero attached hydrogens (tertiary/aromatic N) is 3. The summed E-state index contributed by atoms with van der Waals surface area (Å²) in [5.74, 6) is -0.0250. The summed E-state index contributed by atoms with van der Waals surface area (Å²) in [5, 5.41) is 3.05. The predicted octanol–water partition coefficient (Wildman–Crippen LogP) is 3.04. The van der Waals surface area contributed by atoms with E-state index in [0.29, 0.717) is 29.4 Å². The lowest BCUT2D eigenvalue weighted by Crippen LogP contribution is -2.38. The molecule has 0 aliphatic carbocycles. The number of nitrogens with one attached hydrogen (secondary N) is 2. The smallest absolute Gasteiger partial charge is 0.240 e. The first kappa shape index (κ1) is 25.0. The Balaban J connectivity index is 1.34. The fraction of sp³-hybridized carbons (Fsp3) is 0.333. The van der Waals surface area contributed by atoms with Crippen LogP contribution >= 0.6 is 0 Å². The summed E-state index contributed by atoms with van der Waals surface area (Å²) in [6.45, 7) is 4.40. The van der Waals surface area contributed by atoms with Crippen LogP contribution in [0.1, 0.15) is 6.42 Å². The van der Waals surface area contributed by atoms with Gasteiger partial charge in [-0.15, -0.1) is 0 Å². The highest BCUT2D eigenvalue weighted by Crippen LogP contribution is 2.25. The second-order valence-corrected chi connectivity index (χ2v) is 9.74. The Morgan fingerprint density at radius 1 is 1.11 bits per heavy atom. The quantitative estimate of drug-likeness (QED) is 0.409. The maximum absolute atomic E-state index is 14.1. The summed E-state index contributed by atoms with van der Waals surface area (Å²) in [7, 11) is -2.20. The molecule has 4 rings (SSSR count). The van der Waals surface area contributed by atoms with Gasteiger partial charge in [0.2, 0.25) is 16.0 Å². The average Bonchev–Trinajstić information content (AvgIpc) is 2.88. The van der Waals surface area contributed by atoms with E-state index in [0.717, 1.165) is 39.3 Å². The Morgan fingerprint density at radius 3 is 2.60 bits per heavy atom. The molecule has 35 heavy (non-hydrogen) atoms. The lowest BCUT2D eigenvalue weighted by Gasteiger charge is -2.26. The van der Waals surface area contributed by atoms with Gasteiger partial charge < -0.3 is 14.8 Å². The Labute approximate surface area is 204 Å². The maximum Gasteiger partial charge on any atom is 0.240 e. The molecule has 1 saturated heterocycles. The summed E-state index contributed by atoms with van der Waals surface area (Å²) in [5.41, 5.74) is 1.73. The van der Waals surface area contributed by atoms with Gasteiger partial charge in [0.25, 0.3) is 0 Å². The molecule has 186 valence electrons. The van der Waals surface area contributed by atoms with Crippen LogP contribution in [0.2, 0.25) is 0 Å². The van der Waals surface area contributed by atoms with E-state index in [1.54, 1.807) is 30.5 Å². The standard InChI is InChI=1S/C24H28FN5O4S/c1-33-23-8-3-18(17-21(23)25)22-9-11-26-24(29-22)28-19-4-6-20(7-5-19)35(31,32)27-10-2-12-30-13-15-34-16-14-30/h3-9,11,17,27H,2,10,12-16H2,1H3,(H,26,28,29). The van der Waals surface area contributed by atoms with Crippen LogP contribution < -0.4 is 14.8 Å². The van der Waals surface area contributed by atoms with Gasteiger partial charge >= 0.3 is 0 Å². The Morgan fingerprint density at radius 2 is 1.89 bits per heavy atom. The van der Waals surface area contributed by atoms with Crippen LogP contribution in [0.25, 0.3) is 11.3 Å². The van der Waals surface area contributed by atoms with Crippen molar-refractivity contribution < 1.29 is 22.3 Å². The number of ether oxygens (including phenoxy) is 2. The zero-order chi connectivity index (χ0) is 24.7. The molecule has 1 aliphatic heterocycles. The average molecular weight is 502 g/mol.